The maximum Gasteiger partial charge on any atom is 0.416 e. The summed E-state index contributed by atoms with van der Waals surface area (Å²) in [6.45, 7) is 0.515. The standard InChI is InChI=1S/C32H31F5N4O5/c33-22-7-5-20(6-8-22)31(17-42,18-43)30-38-29(39-46-30)24-16-41(15-19-1-3-21(4-2-19)32(35,36)37)26-14-27(40-9-11-45-12-10-40)25(34)13-23(26)28(24)44/h1-8,13-14,16,28,30,42-44H,9-12,15,17-18H2,(H,38,39). The molecule has 46 heavy (non-hydrogen) atoms. The number of aliphatic hydroxyl groups is 3. The van der Waals surface area contributed by atoms with Crippen LogP contribution < -0.4 is 15.3 Å². The van der Waals surface area contributed by atoms with Crippen LogP contribution in [0, 0.1) is 11.6 Å². The van der Waals surface area contributed by atoms with Crippen molar-refractivity contribution in [3.8, 4) is 0 Å². The Labute approximate surface area is 260 Å². The average molecular weight is 647 g/mol. The third-order valence-electron chi connectivity index (χ3n) is 8.52. The van der Waals surface area contributed by atoms with Gasteiger partial charge in [0.05, 0.1) is 43.1 Å². The lowest BCUT2D eigenvalue weighted by Gasteiger charge is -2.35. The van der Waals surface area contributed by atoms with Crippen LogP contribution in [-0.2, 0) is 27.7 Å². The molecule has 0 aliphatic carbocycles. The van der Waals surface area contributed by atoms with Crippen LogP contribution in [-0.4, -0.2) is 66.9 Å². The number of nitrogens with one attached hydrogen (secondary N) is 1. The molecule has 14 heteroatoms. The smallest absolute Gasteiger partial charge is 0.395 e. The normalized spacial score (nSPS) is 20.3. The van der Waals surface area contributed by atoms with Gasteiger partial charge in [0, 0.05) is 42.7 Å². The van der Waals surface area contributed by atoms with Gasteiger partial charge in [-0.05, 0) is 47.5 Å². The van der Waals surface area contributed by atoms with Gasteiger partial charge in [-0.15, -0.1) is 0 Å². The number of ether oxygens (including phenoxy) is 1. The highest BCUT2D eigenvalue weighted by Gasteiger charge is 2.45. The van der Waals surface area contributed by atoms with Gasteiger partial charge in [0.25, 0.3) is 0 Å². The third-order valence-corrected chi connectivity index (χ3v) is 8.52. The zero-order chi connectivity index (χ0) is 32.6. The second-order valence-electron chi connectivity index (χ2n) is 11.3. The van der Waals surface area contributed by atoms with Gasteiger partial charge in [0.1, 0.15) is 17.7 Å². The summed E-state index contributed by atoms with van der Waals surface area (Å²) in [4.78, 5) is 13.7. The number of morpholine rings is 1. The molecule has 9 nitrogen and oxygen atoms in total. The molecule has 4 N–H and O–H groups in total. The molecule has 0 saturated carbocycles. The molecule has 3 heterocycles. The molecule has 0 aromatic heterocycles. The first-order valence-corrected chi connectivity index (χ1v) is 14.5. The topological polar surface area (TPSA) is 110 Å². The van der Waals surface area contributed by atoms with E-state index in [-0.39, 0.29) is 23.5 Å². The summed E-state index contributed by atoms with van der Waals surface area (Å²) in [6.07, 6.45) is -5.60. The van der Waals surface area contributed by atoms with E-state index in [1.165, 1.54) is 42.5 Å². The number of aliphatic hydroxyl groups excluding tert-OH is 3. The van der Waals surface area contributed by atoms with Crippen molar-refractivity contribution in [3.63, 3.8) is 0 Å². The molecule has 2 atom stereocenters. The van der Waals surface area contributed by atoms with Crippen LogP contribution in [0.5, 0.6) is 0 Å². The minimum Gasteiger partial charge on any atom is -0.395 e. The summed E-state index contributed by atoms with van der Waals surface area (Å²) < 4.78 is 74.3. The molecule has 0 spiro atoms. The van der Waals surface area contributed by atoms with E-state index >= 15 is 4.39 Å². The summed E-state index contributed by atoms with van der Waals surface area (Å²) in [5.41, 5.74) is 2.24. The van der Waals surface area contributed by atoms with Crippen molar-refractivity contribution in [2.75, 3.05) is 49.3 Å². The number of rotatable bonds is 8. The Hall–Kier alpha value is -4.08. The number of fused-ring (bicyclic) bond motifs is 1. The molecule has 244 valence electrons. The molecule has 1 fully saturated rings. The van der Waals surface area contributed by atoms with Crippen LogP contribution in [0.4, 0.5) is 33.3 Å². The predicted molar refractivity (Wildman–Crippen MR) is 158 cm³/mol. The van der Waals surface area contributed by atoms with Crippen LogP contribution in [0.1, 0.15) is 28.4 Å². The first-order valence-electron chi connectivity index (χ1n) is 14.5. The summed E-state index contributed by atoms with van der Waals surface area (Å²) in [7, 11) is 0. The van der Waals surface area contributed by atoms with Crippen molar-refractivity contribution in [2.24, 2.45) is 4.99 Å². The number of amidine groups is 1. The Bertz CT molecular complexity index is 1620. The number of nitrogens with zero attached hydrogens (tertiary/aromatic N) is 3. The lowest BCUT2D eigenvalue weighted by Crippen LogP contribution is -2.46. The summed E-state index contributed by atoms with van der Waals surface area (Å²) in [5, 5.41) is 32.2. The zero-order valence-electron chi connectivity index (χ0n) is 24.3. The predicted octanol–water partition coefficient (Wildman–Crippen LogP) is 3.94. The lowest BCUT2D eigenvalue weighted by molar-refractivity contribution is -0.137. The first kappa shape index (κ1) is 31.9. The van der Waals surface area contributed by atoms with E-state index in [0.29, 0.717) is 48.8 Å². The van der Waals surface area contributed by atoms with Crippen molar-refractivity contribution in [1.82, 2.24) is 5.48 Å². The number of halogens is 5. The second-order valence-corrected chi connectivity index (χ2v) is 11.3. The van der Waals surface area contributed by atoms with Crippen molar-refractivity contribution in [1.29, 1.82) is 0 Å². The van der Waals surface area contributed by atoms with E-state index in [1.54, 1.807) is 17.2 Å². The van der Waals surface area contributed by atoms with Gasteiger partial charge in [0.15, 0.2) is 12.1 Å². The summed E-state index contributed by atoms with van der Waals surface area (Å²) in [6, 6.07) is 12.6. The van der Waals surface area contributed by atoms with Gasteiger partial charge < -0.3 is 29.9 Å². The Morgan fingerprint density at radius 3 is 2.17 bits per heavy atom. The molecule has 3 aliphatic rings. The highest BCUT2D eigenvalue weighted by molar-refractivity contribution is 6.01. The van der Waals surface area contributed by atoms with Crippen molar-refractivity contribution in [3.05, 3.63) is 106 Å². The second kappa shape index (κ2) is 12.6. The molecule has 2 unspecified atom stereocenters. The number of benzene rings is 3. The summed E-state index contributed by atoms with van der Waals surface area (Å²) >= 11 is 0. The Morgan fingerprint density at radius 1 is 0.891 bits per heavy atom. The highest BCUT2D eigenvalue weighted by atomic mass is 19.4. The van der Waals surface area contributed by atoms with Crippen LogP contribution in [0.15, 0.2) is 77.4 Å². The molecular formula is C32H31F5N4O5. The van der Waals surface area contributed by atoms with Gasteiger partial charge in [-0.1, -0.05) is 24.3 Å². The van der Waals surface area contributed by atoms with Crippen LogP contribution in [0.2, 0.25) is 0 Å². The van der Waals surface area contributed by atoms with Crippen LogP contribution in [0.25, 0.3) is 0 Å². The molecule has 0 radical (unpaired) electrons. The average Bonchev–Trinajstić information content (AvgIpc) is 3.54. The monoisotopic (exact) mass is 646 g/mol. The van der Waals surface area contributed by atoms with Gasteiger partial charge in [0.2, 0.25) is 0 Å². The maximum absolute atomic E-state index is 15.6. The van der Waals surface area contributed by atoms with Crippen molar-refractivity contribution >= 4 is 17.2 Å². The minimum absolute atomic E-state index is 0.0200. The van der Waals surface area contributed by atoms with Gasteiger partial charge in [-0.3, -0.25) is 0 Å². The lowest BCUT2D eigenvalue weighted by atomic mass is 9.80. The SMILES string of the molecule is OCC(CO)(c1ccc(F)cc1)C1N=C(C2=CN(Cc3ccc(C(F)(F)F)cc3)c3cc(N4CCOCC4)c(F)cc3C2O)NO1. The summed E-state index contributed by atoms with van der Waals surface area (Å²) in [5.74, 6) is -1.08. The number of hydrogen-bond acceptors (Lipinski definition) is 9. The minimum atomic E-state index is -4.51. The fraction of sp³-hybridized carbons (Fsp3) is 0.344. The number of aliphatic imine (C=N–C) groups is 1. The van der Waals surface area contributed by atoms with E-state index in [9.17, 15) is 32.9 Å². The number of anilines is 2. The Balaban J connectivity index is 1.39. The fourth-order valence-electron chi connectivity index (χ4n) is 5.84. The Kier molecular flexibility index (Phi) is 8.74. The van der Waals surface area contributed by atoms with E-state index in [4.69, 9.17) is 9.57 Å². The molecule has 3 aliphatic heterocycles. The molecule has 3 aromatic rings. The van der Waals surface area contributed by atoms with E-state index in [0.717, 1.165) is 12.1 Å². The first-order chi connectivity index (χ1) is 22.0. The molecule has 6 rings (SSSR count). The zero-order valence-corrected chi connectivity index (χ0v) is 24.3. The number of hydroxylamine groups is 1. The van der Waals surface area contributed by atoms with Crippen molar-refractivity contribution in [2.45, 2.75) is 30.5 Å². The maximum atomic E-state index is 15.6. The van der Waals surface area contributed by atoms with E-state index < -0.39 is 54.3 Å². The number of hydrogen-bond donors (Lipinski definition) is 4. The number of alkyl halides is 3. The molecule has 3 aromatic carbocycles. The quantitative estimate of drug-likeness (QED) is 0.273. The van der Waals surface area contributed by atoms with Gasteiger partial charge in [-0.25, -0.2) is 24.1 Å². The molecule has 0 amide bonds. The van der Waals surface area contributed by atoms with Crippen molar-refractivity contribution < 1.29 is 46.8 Å². The van der Waals surface area contributed by atoms with E-state index in [2.05, 4.69) is 10.5 Å². The fourth-order valence-corrected chi connectivity index (χ4v) is 5.84. The van der Waals surface area contributed by atoms with Gasteiger partial charge in [-0.2, -0.15) is 13.2 Å². The Morgan fingerprint density at radius 2 is 1.54 bits per heavy atom. The molecule has 0 bridgehead atoms. The third kappa shape index (κ3) is 5.94. The molecular weight excluding hydrogens is 615 g/mol. The van der Waals surface area contributed by atoms with Gasteiger partial charge >= 0.3 is 6.18 Å². The largest absolute Gasteiger partial charge is 0.416 e. The highest BCUT2D eigenvalue weighted by Crippen LogP contribution is 2.42. The molecule has 1 saturated heterocycles. The van der Waals surface area contributed by atoms with Crippen LogP contribution >= 0.6 is 0 Å². The van der Waals surface area contributed by atoms with Crippen LogP contribution in [0.3, 0.4) is 0 Å². The van der Waals surface area contributed by atoms with E-state index in [1.807, 2.05) is 4.90 Å².